The molecule has 1 N–H and O–H groups in total. The molecule has 9 nitrogen and oxygen atoms in total. The van der Waals surface area contributed by atoms with E-state index in [0.29, 0.717) is 23.1 Å². The van der Waals surface area contributed by atoms with Crippen molar-refractivity contribution >= 4 is 35.0 Å². The molecule has 1 atom stereocenters. The number of ether oxygens (including phenoxy) is 1. The molecule has 1 fully saturated rings. The van der Waals surface area contributed by atoms with Crippen LogP contribution in [0, 0.1) is 0 Å². The van der Waals surface area contributed by atoms with Gasteiger partial charge in [-0.2, -0.15) is 0 Å². The Balaban J connectivity index is 1.42. The molecule has 4 rings (SSSR count). The van der Waals surface area contributed by atoms with E-state index in [1.165, 1.54) is 16.7 Å². The third kappa shape index (κ3) is 3.56. The molecule has 1 aromatic heterocycles. The summed E-state index contributed by atoms with van der Waals surface area (Å²) in [5.74, 6) is -0.220. The number of nitrogens with zero attached hydrogens (tertiary/aromatic N) is 5. The first-order chi connectivity index (χ1) is 12.7. The summed E-state index contributed by atoms with van der Waals surface area (Å²) in [4.78, 5) is 26.0. The lowest BCUT2D eigenvalue weighted by Crippen LogP contribution is -2.43. The number of amides is 2. The van der Waals surface area contributed by atoms with Crippen molar-refractivity contribution in [3.63, 3.8) is 0 Å². The number of rotatable bonds is 5. The first-order valence-electron chi connectivity index (χ1n) is 8.40. The number of benzene rings is 1. The lowest BCUT2D eigenvalue weighted by molar-refractivity contribution is -0.120. The van der Waals surface area contributed by atoms with Gasteiger partial charge in [0, 0.05) is 6.61 Å². The van der Waals surface area contributed by atoms with Crippen LogP contribution in [0.4, 0.5) is 11.4 Å². The lowest BCUT2D eigenvalue weighted by Gasteiger charge is -2.29. The standard InChI is InChI=1S/C16H18N6O3S/c23-14-9-21(13-6-2-1-5-12(13)17-14)15(24)10-26-16-18-19-20-22(16)8-11-4-3-7-25-11/h1-2,5-6,11H,3-4,7-10H2,(H,17,23)/t11-/m0/s1. The van der Waals surface area contributed by atoms with Crippen molar-refractivity contribution in [3.05, 3.63) is 24.3 Å². The van der Waals surface area contributed by atoms with Crippen LogP contribution in [0.5, 0.6) is 0 Å². The largest absolute Gasteiger partial charge is 0.376 e. The summed E-state index contributed by atoms with van der Waals surface area (Å²) in [6.07, 6.45) is 2.15. The van der Waals surface area contributed by atoms with Crippen LogP contribution in [-0.4, -0.2) is 57.0 Å². The first-order valence-corrected chi connectivity index (χ1v) is 9.39. The van der Waals surface area contributed by atoms with Crippen LogP contribution in [0.25, 0.3) is 0 Å². The number of carbonyl (C=O) groups excluding carboxylic acids is 2. The zero-order valence-electron chi connectivity index (χ0n) is 14.0. The molecule has 0 bridgehead atoms. The van der Waals surface area contributed by atoms with Crippen molar-refractivity contribution in [3.8, 4) is 0 Å². The average molecular weight is 374 g/mol. The van der Waals surface area contributed by atoms with Gasteiger partial charge < -0.3 is 15.0 Å². The third-order valence-electron chi connectivity index (χ3n) is 4.30. The van der Waals surface area contributed by atoms with E-state index in [9.17, 15) is 9.59 Å². The average Bonchev–Trinajstić information content (AvgIpc) is 3.31. The number of tetrazole rings is 1. The molecule has 3 heterocycles. The van der Waals surface area contributed by atoms with Gasteiger partial charge in [-0.15, -0.1) is 5.10 Å². The van der Waals surface area contributed by atoms with Gasteiger partial charge >= 0.3 is 0 Å². The van der Waals surface area contributed by atoms with Crippen molar-refractivity contribution < 1.29 is 14.3 Å². The number of anilines is 2. The predicted octanol–water partition coefficient (Wildman–Crippen LogP) is 0.929. The minimum atomic E-state index is -0.203. The Morgan fingerprint density at radius 1 is 1.38 bits per heavy atom. The van der Waals surface area contributed by atoms with Crippen molar-refractivity contribution in [2.75, 3.05) is 29.1 Å². The van der Waals surface area contributed by atoms with Crippen molar-refractivity contribution in [1.82, 2.24) is 20.2 Å². The molecule has 2 aliphatic heterocycles. The van der Waals surface area contributed by atoms with Crippen LogP contribution >= 0.6 is 11.8 Å². The number of nitrogens with one attached hydrogen (secondary N) is 1. The second kappa shape index (κ2) is 7.42. The van der Waals surface area contributed by atoms with Crippen molar-refractivity contribution in [2.45, 2.75) is 30.6 Å². The van der Waals surface area contributed by atoms with E-state index in [2.05, 4.69) is 20.8 Å². The normalized spacial score (nSPS) is 19.3. The Bertz CT molecular complexity index is 820. The number of carbonyl (C=O) groups is 2. The molecule has 136 valence electrons. The molecule has 1 aromatic carbocycles. The van der Waals surface area contributed by atoms with Gasteiger partial charge in [-0.1, -0.05) is 23.9 Å². The highest BCUT2D eigenvalue weighted by molar-refractivity contribution is 7.99. The molecule has 26 heavy (non-hydrogen) atoms. The smallest absolute Gasteiger partial charge is 0.244 e. The fraction of sp³-hybridized carbons (Fsp3) is 0.438. The number of thioether (sulfide) groups is 1. The van der Waals surface area contributed by atoms with Crippen LogP contribution in [0.3, 0.4) is 0 Å². The maximum Gasteiger partial charge on any atom is 0.244 e. The highest BCUT2D eigenvalue weighted by Crippen LogP contribution is 2.29. The number of hydrogen-bond donors (Lipinski definition) is 1. The minimum absolute atomic E-state index is 0.0112. The van der Waals surface area contributed by atoms with Crippen molar-refractivity contribution in [2.24, 2.45) is 0 Å². The van der Waals surface area contributed by atoms with Gasteiger partial charge in [0.05, 0.1) is 29.8 Å². The van der Waals surface area contributed by atoms with E-state index in [1.54, 1.807) is 10.7 Å². The highest BCUT2D eigenvalue weighted by atomic mass is 32.2. The SMILES string of the molecule is O=C1CN(C(=O)CSc2nnnn2C[C@@H]2CCCO2)c2ccccc2N1. The van der Waals surface area contributed by atoms with Crippen LogP contribution in [0.15, 0.2) is 29.4 Å². The number of para-hydroxylation sites is 2. The van der Waals surface area contributed by atoms with Gasteiger partial charge in [0.1, 0.15) is 6.54 Å². The highest BCUT2D eigenvalue weighted by Gasteiger charge is 2.27. The molecular weight excluding hydrogens is 356 g/mol. The molecule has 0 unspecified atom stereocenters. The van der Waals surface area contributed by atoms with E-state index in [0.717, 1.165) is 19.4 Å². The third-order valence-corrected chi connectivity index (χ3v) is 5.24. The molecular formula is C16H18N6O3S. The van der Waals surface area contributed by atoms with Gasteiger partial charge in [-0.05, 0) is 35.4 Å². The second-order valence-corrected chi connectivity index (χ2v) is 7.05. The first kappa shape index (κ1) is 17.0. The number of aromatic nitrogens is 4. The van der Waals surface area contributed by atoms with Crippen LogP contribution in [0.2, 0.25) is 0 Å². The summed E-state index contributed by atoms with van der Waals surface area (Å²) in [5, 5.41) is 15.0. The molecule has 10 heteroatoms. The predicted molar refractivity (Wildman–Crippen MR) is 94.9 cm³/mol. The zero-order valence-corrected chi connectivity index (χ0v) is 14.8. The van der Waals surface area contributed by atoms with E-state index < -0.39 is 0 Å². The zero-order chi connectivity index (χ0) is 17.9. The molecule has 2 aromatic rings. The summed E-state index contributed by atoms with van der Waals surface area (Å²) in [5.41, 5.74) is 1.35. The Hall–Kier alpha value is -2.46. The van der Waals surface area contributed by atoms with Gasteiger partial charge in [0.15, 0.2) is 0 Å². The molecule has 0 radical (unpaired) electrons. The van der Waals surface area contributed by atoms with E-state index >= 15 is 0 Å². The molecule has 2 aliphatic rings. The summed E-state index contributed by atoms with van der Waals surface area (Å²) in [6.45, 7) is 1.36. The van der Waals surface area contributed by atoms with E-state index in [4.69, 9.17) is 4.74 Å². The fourth-order valence-electron chi connectivity index (χ4n) is 3.06. The van der Waals surface area contributed by atoms with Gasteiger partial charge in [-0.25, -0.2) is 4.68 Å². The number of hydrogen-bond acceptors (Lipinski definition) is 7. The quantitative estimate of drug-likeness (QED) is 0.777. The molecule has 2 amide bonds. The molecule has 0 aliphatic carbocycles. The van der Waals surface area contributed by atoms with Gasteiger partial charge in [-0.3, -0.25) is 9.59 Å². The summed E-state index contributed by atoms with van der Waals surface area (Å²) >= 11 is 1.26. The van der Waals surface area contributed by atoms with E-state index in [1.807, 2.05) is 18.2 Å². The van der Waals surface area contributed by atoms with Crippen LogP contribution in [-0.2, 0) is 20.9 Å². The fourth-order valence-corrected chi connectivity index (χ4v) is 3.82. The van der Waals surface area contributed by atoms with Gasteiger partial charge in [0.25, 0.3) is 0 Å². The van der Waals surface area contributed by atoms with Crippen molar-refractivity contribution in [1.29, 1.82) is 0 Å². The van der Waals surface area contributed by atoms with Gasteiger partial charge in [0.2, 0.25) is 17.0 Å². The van der Waals surface area contributed by atoms with Crippen LogP contribution in [0.1, 0.15) is 12.8 Å². The minimum Gasteiger partial charge on any atom is -0.376 e. The topological polar surface area (TPSA) is 102 Å². The maximum absolute atomic E-state index is 12.7. The monoisotopic (exact) mass is 374 g/mol. The summed E-state index contributed by atoms with van der Waals surface area (Å²) < 4.78 is 7.28. The Morgan fingerprint density at radius 3 is 3.12 bits per heavy atom. The van der Waals surface area contributed by atoms with Crippen LogP contribution < -0.4 is 10.2 Å². The lowest BCUT2D eigenvalue weighted by atomic mass is 10.2. The second-order valence-electron chi connectivity index (χ2n) is 6.11. The molecule has 1 saturated heterocycles. The Kier molecular flexibility index (Phi) is 4.85. The Labute approximate surface area is 154 Å². The summed E-state index contributed by atoms with van der Waals surface area (Å²) in [6, 6.07) is 7.26. The Morgan fingerprint density at radius 2 is 2.27 bits per heavy atom. The summed E-state index contributed by atoms with van der Waals surface area (Å²) in [7, 11) is 0. The molecule has 0 spiro atoms. The maximum atomic E-state index is 12.7. The number of fused-ring (bicyclic) bond motifs is 1. The molecule has 0 saturated carbocycles. The van der Waals surface area contributed by atoms with E-state index in [-0.39, 0.29) is 30.2 Å².